The topological polar surface area (TPSA) is 62.9 Å². The van der Waals surface area contributed by atoms with Crippen LogP contribution in [-0.4, -0.2) is 79.3 Å². The van der Waals surface area contributed by atoms with Gasteiger partial charge in [-0.25, -0.2) is 0 Å². The number of hydrogen-bond acceptors (Lipinski definition) is 2. The summed E-state index contributed by atoms with van der Waals surface area (Å²) in [7, 11) is -0.353. The smallest absolute Gasteiger partial charge is 0.675 e. The summed E-state index contributed by atoms with van der Waals surface area (Å²) in [5, 5.41) is 8.31. The van der Waals surface area contributed by atoms with Crippen LogP contribution in [0, 0.1) is 0 Å². The zero-order valence-corrected chi connectivity index (χ0v) is 25.7. The fourth-order valence-electron chi connectivity index (χ4n) is 3.83. The minimum Gasteiger partial charge on any atom is -0.675 e. The molecule has 6 nitrogen and oxygen atoms in total. The molecule has 1 heterocycles. The Labute approximate surface area is 223 Å². The quantitative estimate of drug-likeness (QED) is 0.384. The molecular formula is C24H40N6Si2Zr. The van der Waals surface area contributed by atoms with E-state index in [4.69, 9.17) is 15.3 Å². The van der Waals surface area contributed by atoms with Crippen molar-refractivity contribution in [3.63, 3.8) is 0 Å². The minimum absolute atomic E-state index is 0. The van der Waals surface area contributed by atoms with E-state index in [0.29, 0.717) is 0 Å². The molecule has 3 rings (SSSR count). The first kappa shape index (κ1) is 30.2. The minimum atomic E-state index is -1.93. The van der Waals surface area contributed by atoms with Crippen LogP contribution in [0.3, 0.4) is 0 Å². The summed E-state index contributed by atoms with van der Waals surface area (Å²) in [6.07, 6.45) is 0. The Morgan fingerprint density at radius 1 is 0.636 bits per heavy atom. The van der Waals surface area contributed by atoms with E-state index in [2.05, 4.69) is 89.2 Å². The van der Waals surface area contributed by atoms with Crippen molar-refractivity contribution < 1.29 is 26.2 Å². The van der Waals surface area contributed by atoms with Gasteiger partial charge in [0.05, 0.1) is 0 Å². The molecule has 9 heteroatoms. The van der Waals surface area contributed by atoms with Crippen molar-refractivity contribution in [2.45, 2.75) is 26.2 Å². The van der Waals surface area contributed by atoms with E-state index in [1.54, 1.807) is 14.1 Å². The molecule has 0 radical (unpaired) electrons. The monoisotopic (exact) mass is 558 g/mol. The number of benzene rings is 2. The van der Waals surface area contributed by atoms with Gasteiger partial charge in [0.1, 0.15) is 0 Å². The first-order valence-electron chi connectivity index (χ1n) is 11.5. The third-order valence-electron chi connectivity index (χ3n) is 5.56. The van der Waals surface area contributed by atoms with Crippen LogP contribution in [-0.2, 0) is 26.2 Å². The normalized spacial score (nSPS) is 16.2. The zero-order valence-electron chi connectivity index (χ0n) is 21.2. The van der Waals surface area contributed by atoms with Crippen molar-refractivity contribution >= 4 is 28.2 Å². The Kier molecular flexibility index (Phi) is 14.0. The molecular weight excluding hydrogens is 520 g/mol. The van der Waals surface area contributed by atoms with Crippen LogP contribution in [0.4, 0.5) is 11.4 Å². The van der Waals surface area contributed by atoms with Gasteiger partial charge in [0, 0.05) is 29.9 Å². The molecule has 0 spiro atoms. The molecule has 33 heavy (non-hydrogen) atoms. The molecule has 0 aromatic heterocycles. The molecule has 0 amide bonds. The molecule has 0 saturated carbocycles. The summed E-state index contributed by atoms with van der Waals surface area (Å²) < 4.78 is 5.21. The molecule has 0 atom stereocenters. The molecule has 0 aliphatic carbocycles. The third-order valence-corrected chi connectivity index (χ3v) is 11.2. The van der Waals surface area contributed by atoms with Crippen LogP contribution < -0.4 is 0 Å². The molecule has 1 saturated heterocycles. The van der Waals surface area contributed by atoms with Gasteiger partial charge >= 0.3 is 26.2 Å². The van der Waals surface area contributed by atoms with Crippen LogP contribution in [0.15, 0.2) is 60.7 Å². The number of rotatable bonds is 6. The molecule has 2 aromatic carbocycles. The van der Waals surface area contributed by atoms with E-state index in [9.17, 15) is 0 Å². The molecule has 0 bridgehead atoms. The maximum absolute atomic E-state index is 5.17. The standard InChI is InChI=1S/C22H34N5Si2.C2H6N.Zr/c1-28(2,24-21-11-7-5-8-12-21)26-17-15-23-16-18-27(20-19-26)29(3,4)25-22-13-9-6-10-14-22;1-3-2;/h5-14H,15-20H2,1-4H3;1-2H3;/q-3;-1;+4. The fourth-order valence-corrected chi connectivity index (χ4v) is 8.27. The maximum atomic E-state index is 5.17. The summed E-state index contributed by atoms with van der Waals surface area (Å²) in [4.78, 5) is 10.3. The molecule has 178 valence electrons. The van der Waals surface area contributed by atoms with Gasteiger partial charge in [0.25, 0.3) is 0 Å². The summed E-state index contributed by atoms with van der Waals surface area (Å²) in [5.41, 5.74) is 2.18. The Balaban J connectivity index is 0.00000129. The fraction of sp³-hybridized carbons (Fsp3) is 0.500. The molecule has 0 N–H and O–H groups in total. The van der Waals surface area contributed by atoms with Gasteiger partial charge in [-0.1, -0.05) is 86.9 Å². The predicted molar refractivity (Wildman–Crippen MR) is 145 cm³/mol. The predicted octanol–water partition coefficient (Wildman–Crippen LogP) is 6.41. The molecule has 1 aliphatic heterocycles. The van der Waals surface area contributed by atoms with Crippen molar-refractivity contribution in [2.24, 2.45) is 0 Å². The average Bonchev–Trinajstić information content (AvgIpc) is 2.88. The van der Waals surface area contributed by atoms with Crippen LogP contribution in [0.1, 0.15) is 0 Å². The summed E-state index contributed by atoms with van der Waals surface area (Å²) >= 11 is 0. The van der Waals surface area contributed by atoms with Crippen molar-refractivity contribution in [3.8, 4) is 0 Å². The van der Waals surface area contributed by atoms with E-state index in [1.807, 2.05) is 12.1 Å². The average molecular weight is 560 g/mol. The molecule has 1 fully saturated rings. The van der Waals surface area contributed by atoms with Crippen molar-refractivity contribution in [3.05, 3.63) is 81.3 Å². The van der Waals surface area contributed by atoms with Gasteiger partial charge in [0.2, 0.25) is 0 Å². The first-order chi connectivity index (χ1) is 15.3. The number of hydrogen-bond donors (Lipinski definition) is 0. The zero-order chi connectivity index (χ0) is 23.5. The van der Waals surface area contributed by atoms with Crippen LogP contribution in [0.5, 0.6) is 0 Å². The van der Waals surface area contributed by atoms with E-state index >= 15 is 0 Å². The van der Waals surface area contributed by atoms with E-state index in [0.717, 1.165) is 50.6 Å². The van der Waals surface area contributed by atoms with Gasteiger partial charge in [-0.05, 0) is 13.1 Å². The Morgan fingerprint density at radius 3 is 1.30 bits per heavy atom. The second-order valence-corrected chi connectivity index (χ2v) is 16.7. The summed E-state index contributed by atoms with van der Waals surface area (Å²) in [6, 6.07) is 20.8. The van der Waals surface area contributed by atoms with E-state index < -0.39 is 16.8 Å². The molecule has 1 aliphatic rings. The SMILES string of the molecule is C[N-]C.C[Si](C)([N-]c1ccccc1)N1CC[N-]CCN([Si](C)(C)[N-]c2ccccc2)CC1.[Zr+4]. The second kappa shape index (κ2) is 15.2. The number of nitrogens with zero attached hydrogens (tertiary/aromatic N) is 6. The van der Waals surface area contributed by atoms with Crippen molar-refractivity contribution in [2.75, 3.05) is 53.4 Å². The molecule has 0 unspecified atom stereocenters. The van der Waals surface area contributed by atoms with Crippen molar-refractivity contribution in [1.82, 2.24) is 9.13 Å². The summed E-state index contributed by atoms with van der Waals surface area (Å²) in [6.45, 7) is 15.2. The van der Waals surface area contributed by atoms with Crippen molar-refractivity contribution in [1.29, 1.82) is 0 Å². The summed E-state index contributed by atoms with van der Waals surface area (Å²) in [5.74, 6) is 0. The van der Waals surface area contributed by atoms with Gasteiger partial charge in [-0.15, -0.1) is 24.5 Å². The third kappa shape index (κ3) is 10.6. The van der Waals surface area contributed by atoms with Gasteiger partial charge in [0.15, 0.2) is 0 Å². The Hall–Kier alpha value is -0.803. The van der Waals surface area contributed by atoms with Crippen LogP contribution >= 0.6 is 0 Å². The Morgan fingerprint density at radius 2 is 0.970 bits per heavy atom. The Bertz CT molecular complexity index is 701. The van der Waals surface area contributed by atoms with E-state index in [1.165, 1.54) is 0 Å². The maximum Gasteiger partial charge on any atom is 4.00 e. The largest absolute Gasteiger partial charge is 4.00 e. The first-order valence-corrected chi connectivity index (χ1v) is 17.2. The van der Waals surface area contributed by atoms with Gasteiger partial charge in [-0.2, -0.15) is 14.1 Å². The molecule has 2 aromatic rings. The van der Waals surface area contributed by atoms with Gasteiger partial charge < -0.3 is 29.7 Å². The van der Waals surface area contributed by atoms with Crippen LogP contribution in [0.25, 0.3) is 20.6 Å². The second-order valence-electron chi connectivity index (χ2n) is 8.98. The van der Waals surface area contributed by atoms with Gasteiger partial charge in [-0.3, -0.25) is 0 Å². The van der Waals surface area contributed by atoms with E-state index in [-0.39, 0.29) is 26.2 Å². The van der Waals surface area contributed by atoms with Crippen LogP contribution in [0.2, 0.25) is 26.2 Å².